The molecule has 1 aromatic rings. The van der Waals surface area contributed by atoms with Crippen molar-refractivity contribution in [1.82, 2.24) is 10.2 Å². The van der Waals surface area contributed by atoms with Gasteiger partial charge in [-0.2, -0.15) is 0 Å². The van der Waals surface area contributed by atoms with Gasteiger partial charge in [0.15, 0.2) is 0 Å². The SMILES string of the molecule is CCN(CCC(=O)OC)C(=O)CNC(=O)c1cccs1. The summed E-state index contributed by atoms with van der Waals surface area (Å²) in [7, 11) is 1.31. The maximum Gasteiger partial charge on any atom is 0.307 e. The normalized spacial score (nSPS) is 9.90. The van der Waals surface area contributed by atoms with Gasteiger partial charge in [0.1, 0.15) is 0 Å². The van der Waals surface area contributed by atoms with E-state index in [-0.39, 0.29) is 37.3 Å². The number of amides is 2. The lowest BCUT2D eigenvalue weighted by atomic mass is 10.3. The van der Waals surface area contributed by atoms with Crippen molar-refractivity contribution in [2.45, 2.75) is 13.3 Å². The van der Waals surface area contributed by atoms with Gasteiger partial charge in [-0.05, 0) is 18.4 Å². The van der Waals surface area contributed by atoms with E-state index in [1.807, 2.05) is 6.92 Å². The fraction of sp³-hybridized carbons (Fsp3) is 0.462. The maximum atomic E-state index is 11.9. The first-order chi connectivity index (χ1) is 9.58. The van der Waals surface area contributed by atoms with E-state index < -0.39 is 0 Å². The third kappa shape index (κ3) is 5.00. The van der Waals surface area contributed by atoms with Crippen molar-refractivity contribution in [1.29, 1.82) is 0 Å². The summed E-state index contributed by atoms with van der Waals surface area (Å²) < 4.78 is 4.53. The van der Waals surface area contributed by atoms with Crippen molar-refractivity contribution in [3.63, 3.8) is 0 Å². The van der Waals surface area contributed by atoms with Crippen LogP contribution in [0.3, 0.4) is 0 Å². The molecule has 0 bridgehead atoms. The van der Waals surface area contributed by atoms with Crippen LogP contribution < -0.4 is 5.32 Å². The highest BCUT2D eigenvalue weighted by Crippen LogP contribution is 2.07. The lowest BCUT2D eigenvalue weighted by Crippen LogP contribution is -2.41. The second-order valence-corrected chi connectivity index (χ2v) is 4.91. The van der Waals surface area contributed by atoms with Gasteiger partial charge in [-0.3, -0.25) is 14.4 Å². The van der Waals surface area contributed by atoms with Crippen LogP contribution in [0.25, 0.3) is 0 Å². The summed E-state index contributed by atoms with van der Waals surface area (Å²) in [5, 5.41) is 4.36. The summed E-state index contributed by atoms with van der Waals surface area (Å²) >= 11 is 1.32. The van der Waals surface area contributed by atoms with E-state index in [9.17, 15) is 14.4 Å². The Labute approximate surface area is 121 Å². The minimum Gasteiger partial charge on any atom is -0.469 e. The molecule has 0 fully saturated rings. The van der Waals surface area contributed by atoms with Gasteiger partial charge in [0.25, 0.3) is 5.91 Å². The maximum absolute atomic E-state index is 11.9. The molecule has 20 heavy (non-hydrogen) atoms. The third-order valence-corrected chi connectivity index (χ3v) is 3.56. The summed E-state index contributed by atoms with van der Waals surface area (Å²) in [5.41, 5.74) is 0. The van der Waals surface area contributed by atoms with E-state index in [2.05, 4.69) is 10.1 Å². The number of carbonyl (C=O) groups excluding carboxylic acids is 3. The Bertz CT molecular complexity index is 459. The second-order valence-electron chi connectivity index (χ2n) is 3.96. The molecule has 0 aliphatic carbocycles. The minimum absolute atomic E-state index is 0.0776. The molecule has 0 unspecified atom stereocenters. The Morgan fingerprint density at radius 3 is 2.70 bits per heavy atom. The molecule has 1 aromatic heterocycles. The molecule has 0 aliphatic heterocycles. The van der Waals surface area contributed by atoms with Gasteiger partial charge in [-0.15, -0.1) is 11.3 Å². The molecular weight excluding hydrogens is 280 g/mol. The van der Waals surface area contributed by atoms with Crippen molar-refractivity contribution >= 4 is 29.1 Å². The van der Waals surface area contributed by atoms with Gasteiger partial charge in [0.2, 0.25) is 5.91 Å². The van der Waals surface area contributed by atoms with Crippen LogP contribution >= 0.6 is 11.3 Å². The van der Waals surface area contributed by atoms with E-state index in [0.717, 1.165) is 0 Å². The van der Waals surface area contributed by atoms with Crippen LogP contribution in [0.1, 0.15) is 23.0 Å². The van der Waals surface area contributed by atoms with Gasteiger partial charge in [-0.1, -0.05) is 6.07 Å². The van der Waals surface area contributed by atoms with Crippen LogP contribution in [-0.4, -0.2) is 49.4 Å². The highest BCUT2D eigenvalue weighted by Gasteiger charge is 2.15. The molecule has 2 amide bonds. The number of likely N-dealkylation sites (N-methyl/N-ethyl adjacent to an activating group) is 1. The fourth-order valence-electron chi connectivity index (χ4n) is 1.55. The molecule has 0 spiro atoms. The Balaban J connectivity index is 2.39. The van der Waals surface area contributed by atoms with Gasteiger partial charge in [-0.25, -0.2) is 0 Å². The molecule has 0 aliphatic rings. The molecule has 0 radical (unpaired) electrons. The van der Waals surface area contributed by atoms with Crippen LogP contribution in [0.2, 0.25) is 0 Å². The Kier molecular flexibility index (Phi) is 6.72. The van der Waals surface area contributed by atoms with Gasteiger partial charge in [0, 0.05) is 13.1 Å². The van der Waals surface area contributed by atoms with E-state index in [1.165, 1.54) is 23.3 Å². The molecular formula is C13H18N2O4S. The number of carbonyl (C=O) groups is 3. The van der Waals surface area contributed by atoms with Crippen molar-refractivity contribution in [3.05, 3.63) is 22.4 Å². The molecule has 1 rings (SSSR count). The van der Waals surface area contributed by atoms with Crippen molar-refractivity contribution in [2.24, 2.45) is 0 Å². The van der Waals surface area contributed by atoms with Crippen LogP contribution in [0, 0.1) is 0 Å². The fourth-order valence-corrected chi connectivity index (χ4v) is 2.19. The van der Waals surface area contributed by atoms with E-state index in [1.54, 1.807) is 17.5 Å². The van der Waals surface area contributed by atoms with E-state index in [4.69, 9.17) is 0 Å². The molecule has 0 saturated carbocycles. The highest BCUT2D eigenvalue weighted by atomic mass is 32.1. The number of esters is 1. The number of thiophene rings is 1. The van der Waals surface area contributed by atoms with Crippen molar-refractivity contribution < 1.29 is 19.1 Å². The molecule has 0 aromatic carbocycles. The zero-order chi connectivity index (χ0) is 15.0. The predicted molar refractivity (Wildman–Crippen MR) is 75.5 cm³/mol. The van der Waals surface area contributed by atoms with Crippen molar-refractivity contribution in [2.75, 3.05) is 26.7 Å². The number of ether oxygens (including phenoxy) is 1. The zero-order valence-corrected chi connectivity index (χ0v) is 12.4. The number of nitrogens with zero attached hydrogens (tertiary/aromatic N) is 1. The van der Waals surface area contributed by atoms with Gasteiger partial charge < -0.3 is 15.0 Å². The molecule has 1 heterocycles. The first-order valence-electron chi connectivity index (χ1n) is 6.24. The van der Waals surface area contributed by atoms with Crippen LogP contribution in [0.15, 0.2) is 17.5 Å². The molecule has 0 atom stereocenters. The monoisotopic (exact) mass is 298 g/mol. The Morgan fingerprint density at radius 2 is 2.15 bits per heavy atom. The Morgan fingerprint density at radius 1 is 1.40 bits per heavy atom. The van der Waals surface area contributed by atoms with Crippen LogP contribution in [0.4, 0.5) is 0 Å². The topological polar surface area (TPSA) is 75.7 Å². The molecule has 7 heteroatoms. The average Bonchev–Trinajstić information content (AvgIpc) is 2.99. The summed E-state index contributed by atoms with van der Waals surface area (Å²) in [5.74, 6) is -0.849. The van der Waals surface area contributed by atoms with Gasteiger partial charge in [0.05, 0.1) is 25.0 Å². The predicted octanol–water partition coefficient (Wildman–Crippen LogP) is 0.890. The smallest absolute Gasteiger partial charge is 0.307 e. The number of nitrogens with one attached hydrogen (secondary N) is 1. The van der Waals surface area contributed by atoms with Crippen LogP contribution in [-0.2, 0) is 14.3 Å². The van der Waals surface area contributed by atoms with E-state index >= 15 is 0 Å². The minimum atomic E-state index is -0.362. The molecule has 110 valence electrons. The first-order valence-corrected chi connectivity index (χ1v) is 7.12. The van der Waals surface area contributed by atoms with Crippen molar-refractivity contribution in [3.8, 4) is 0 Å². The van der Waals surface area contributed by atoms with Gasteiger partial charge >= 0.3 is 5.97 Å². The molecule has 1 N–H and O–H groups in total. The lowest BCUT2D eigenvalue weighted by Gasteiger charge is -2.20. The summed E-state index contributed by atoms with van der Waals surface area (Å²) in [6.07, 6.45) is 0.148. The number of rotatable bonds is 7. The lowest BCUT2D eigenvalue weighted by molar-refractivity contribution is -0.141. The zero-order valence-electron chi connectivity index (χ0n) is 11.5. The first kappa shape index (κ1) is 16.2. The molecule has 0 saturated heterocycles. The summed E-state index contributed by atoms with van der Waals surface area (Å²) in [6.45, 7) is 2.50. The standard InChI is InChI=1S/C13H18N2O4S/c1-3-15(7-6-12(17)19-2)11(16)9-14-13(18)10-5-4-8-20-10/h4-5,8H,3,6-7,9H2,1-2H3,(H,14,18). The van der Waals surface area contributed by atoms with Crippen LogP contribution in [0.5, 0.6) is 0 Å². The highest BCUT2D eigenvalue weighted by molar-refractivity contribution is 7.12. The number of methoxy groups -OCH3 is 1. The quantitative estimate of drug-likeness (QED) is 0.759. The second kappa shape index (κ2) is 8.31. The summed E-state index contributed by atoms with van der Waals surface area (Å²) in [6, 6.07) is 3.47. The number of hydrogen-bond acceptors (Lipinski definition) is 5. The molecule has 6 nitrogen and oxygen atoms in total. The summed E-state index contributed by atoms with van der Waals surface area (Å²) in [4.78, 5) is 36.7. The Hall–Kier alpha value is -1.89. The average molecular weight is 298 g/mol. The number of hydrogen-bond donors (Lipinski definition) is 1. The third-order valence-electron chi connectivity index (χ3n) is 2.69. The van der Waals surface area contributed by atoms with E-state index in [0.29, 0.717) is 11.4 Å². The largest absolute Gasteiger partial charge is 0.469 e.